The maximum Gasteiger partial charge on any atom is 0.409 e. The summed E-state index contributed by atoms with van der Waals surface area (Å²) in [5, 5.41) is 9.11. The van der Waals surface area contributed by atoms with Gasteiger partial charge in [-0.05, 0) is 56.0 Å². The van der Waals surface area contributed by atoms with Crippen LogP contribution in [-0.4, -0.2) is 85.7 Å². The van der Waals surface area contributed by atoms with Gasteiger partial charge in [0.15, 0.2) is 0 Å². The van der Waals surface area contributed by atoms with Gasteiger partial charge >= 0.3 is 6.09 Å². The lowest BCUT2D eigenvalue weighted by Crippen LogP contribution is -2.51. The number of ether oxygens (including phenoxy) is 1. The van der Waals surface area contributed by atoms with Gasteiger partial charge in [-0.25, -0.2) is 17.6 Å². The molecule has 0 unspecified atom stereocenters. The molecule has 0 bridgehead atoms. The van der Waals surface area contributed by atoms with Gasteiger partial charge in [0.1, 0.15) is 12.4 Å². The van der Waals surface area contributed by atoms with Crippen LogP contribution in [0.2, 0.25) is 0 Å². The first-order chi connectivity index (χ1) is 17.3. The molecule has 0 aliphatic carbocycles. The molecule has 2 aliphatic rings. The Kier molecular flexibility index (Phi) is 8.61. The number of hydrogen-bond acceptors (Lipinski definition) is 6. The highest BCUT2D eigenvalue weighted by Gasteiger charge is 2.41. The summed E-state index contributed by atoms with van der Waals surface area (Å²) in [4.78, 5) is 16.6. The average Bonchev–Trinajstić information content (AvgIpc) is 2.88. The maximum absolute atomic E-state index is 14.1. The highest BCUT2D eigenvalue weighted by molar-refractivity contribution is 7.89. The SMILES string of the molecule is Cc1ccc(S(=O)(=O)N2[C@@H](COC(=O)N3CCN(CCO)CC3)CCC[C@H]2c2cccc(F)c2)cc1. The van der Waals surface area contributed by atoms with Gasteiger partial charge in [-0.3, -0.25) is 4.90 Å². The van der Waals surface area contributed by atoms with E-state index in [2.05, 4.69) is 4.90 Å². The van der Waals surface area contributed by atoms with Crippen LogP contribution in [0.3, 0.4) is 0 Å². The van der Waals surface area contributed by atoms with Crippen LogP contribution in [0, 0.1) is 12.7 Å². The lowest BCUT2D eigenvalue weighted by molar-refractivity contribution is 0.0467. The molecule has 0 radical (unpaired) electrons. The standard InChI is InChI=1S/C26H34FN3O5S/c1-20-8-10-24(11-9-20)36(33,34)30-23(6-3-7-25(30)21-4-2-5-22(27)18-21)19-35-26(32)29-14-12-28(13-15-29)16-17-31/h2,4-5,8-11,18,23,25,31H,3,6-7,12-17,19H2,1H3/t23-,25+/m1/s1. The zero-order valence-electron chi connectivity index (χ0n) is 20.6. The fourth-order valence-corrected chi connectivity index (χ4v) is 6.83. The highest BCUT2D eigenvalue weighted by atomic mass is 32.2. The number of amides is 1. The van der Waals surface area contributed by atoms with Crippen LogP contribution in [0.1, 0.15) is 36.4 Å². The van der Waals surface area contributed by atoms with Crippen molar-refractivity contribution in [2.75, 3.05) is 45.9 Å². The number of hydrogen-bond donors (Lipinski definition) is 1. The van der Waals surface area contributed by atoms with E-state index in [0.717, 1.165) is 12.0 Å². The minimum Gasteiger partial charge on any atom is -0.448 e. The number of piperidine rings is 1. The number of carbonyl (C=O) groups is 1. The summed E-state index contributed by atoms with van der Waals surface area (Å²) in [6.45, 7) is 4.72. The Bertz CT molecular complexity index is 1140. The Morgan fingerprint density at radius 1 is 1.08 bits per heavy atom. The summed E-state index contributed by atoms with van der Waals surface area (Å²) in [7, 11) is -3.95. The van der Waals surface area contributed by atoms with E-state index in [0.29, 0.717) is 51.1 Å². The van der Waals surface area contributed by atoms with Crippen molar-refractivity contribution >= 4 is 16.1 Å². The fraction of sp³-hybridized carbons (Fsp3) is 0.500. The Balaban J connectivity index is 1.55. The Hall–Kier alpha value is -2.53. The number of aliphatic hydroxyl groups excluding tert-OH is 1. The van der Waals surface area contributed by atoms with Crippen molar-refractivity contribution in [2.45, 2.75) is 43.2 Å². The molecule has 0 saturated carbocycles. The van der Waals surface area contributed by atoms with Crippen LogP contribution >= 0.6 is 0 Å². The number of aliphatic hydroxyl groups is 1. The lowest BCUT2D eigenvalue weighted by Gasteiger charge is -2.41. The molecule has 0 aromatic heterocycles. The number of piperazine rings is 1. The third kappa shape index (κ3) is 6.05. The predicted octanol–water partition coefficient (Wildman–Crippen LogP) is 3.17. The first kappa shape index (κ1) is 26.5. The second kappa shape index (κ2) is 11.7. The van der Waals surface area contributed by atoms with Crippen LogP contribution in [0.5, 0.6) is 0 Å². The van der Waals surface area contributed by atoms with Gasteiger partial charge in [-0.2, -0.15) is 4.31 Å². The molecule has 196 valence electrons. The average molecular weight is 520 g/mol. The summed E-state index contributed by atoms with van der Waals surface area (Å²) >= 11 is 0. The van der Waals surface area contributed by atoms with Crippen molar-refractivity contribution in [3.63, 3.8) is 0 Å². The van der Waals surface area contributed by atoms with E-state index < -0.39 is 34.0 Å². The molecule has 36 heavy (non-hydrogen) atoms. The second-order valence-corrected chi connectivity index (χ2v) is 11.3. The predicted molar refractivity (Wildman–Crippen MR) is 133 cm³/mol. The first-order valence-corrected chi connectivity index (χ1v) is 13.8. The Morgan fingerprint density at radius 2 is 1.81 bits per heavy atom. The third-order valence-electron chi connectivity index (χ3n) is 6.96. The van der Waals surface area contributed by atoms with E-state index in [1.807, 2.05) is 6.92 Å². The molecule has 10 heteroatoms. The minimum absolute atomic E-state index is 0.0733. The fourth-order valence-electron chi connectivity index (χ4n) is 4.99. The molecule has 1 N–H and O–H groups in total. The number of nitrogens with zero attached hydrogens (tertiary/aromatic N) is 3. The summed E-state index contributed by atoms with van der Waals surface area (Å²) in [6, 6.07) is 11.6. The van der Waals surface area contributed by atoms with E-state index in [-0.39, 0.29) is 18.1 Å². The normalized spacial score (nSPS) is 21.9. The molecule has 4 rings (SSSR count). The highest BCUT2D eigenvalue weighted by Crippen LogP contribution is 2.39. The number of benzene rings is 2. The van der Waals surface area contributed by atoms with Crippen LogP contribution < -0.4 is 0 Å². The van der Waals surface area contributed by atoms with Gasteiger partial charge in [0.05, 0.1) is 23.6 Å². The zero-order chi connectivity index (χ0) is 25.7. The van der Waals surface area contributed by atoms with E-state index in [4.69, 9.17) is 9.84 Å². The van der Waals surface area contributed by atoms with E-state index in [1.165, 1.54) is 16.4 Å². The topological polar surface area (TPSA) is 90.4 Å². The molecule has 2 saturated heterocycles. The number of aryl methyl sites for hydroxylation is 1. The number of carbonyl (C=O) groups excluding carboxylic acids is 1. The number of halogens is 1. The molecule has 2 heterocycles. The van der Waals surface area contributed by atoms with Crippen LogP contribution in [0.4, 0.5) is 9.18 Å². The number of sulfonamides is 1. The number of rotatable bonds is 7. The van der Waals surface area contributed by atoms with Gasteiger partial charge in [0, 0.05) is 32.7 Å². The van der Waals surface area contributed by atoms with Crippen molar-refractivity contribution < 1.29 is 27.4 Å². The molecule has 2 aromatic rings. The van der Waals surface area contributed by atoms with Gasteiger partial charge in [0.25, 0.3) is 0 Å². The minimum atomic E-state index is -3.95. The zero-order valence-corrected chi connectivity index (χ0v) is 21.4. The smallest absolute Gasteiger partial charge is 0.409 e. The van der Waals surface area contributed by atoms with Crippen molar-refractivity contribution in [3.05, 3.63) is 65.5 Å². The molecular weight excluding hydrogens is 485 g/mol. The van der Waals surface area contributed by atoms with E-state index in [1.54, 1.807) is 41.3 Å². The molecule has 8 nitrogen and oxygen atoms in total. The first-order valence-electron chi connectivity index (χ1n) is 12.4. The number of β-amino-alcohol motifs (C(OH)–C–C–N with tert-alkyl or cyclic N) is 1. The lowest BCUT2D eigenvalue weighted by atomic mass is 9.93. The van der Waals surface area contributed by atoms with Crippen LogP contribution in [-0.2, 0) is 14.8 Å². The summed E-state index contributed by atoms with van der Waals surface area (Å²) in [5.74, 6) is -0.422. The maximum atomic E-state index is 14.1. The quantitative estimate of drug-likeness (QED) is 0.605. The van der Waals surface area contributed by atoms with Crippen LogP contribution in [0.15, 0.2) is 53.4 Å². The molecule has 2 atom stereocenters. The summed E-state index contributed by atoms with van der Waals surface area (Å²) < 4.78 is 48.9. The molecule has 2 aliphatic heterocycles. The van der Waals surface area contributed by atoms with Gasteiger partial charge < -0.3 is 14.7 Å². The van der Waals surface area contributed by atoms with E-state index >= 15 is 0 Å². The summed E-state index contributed by atoms with van der Waals surface area (Å²) in [6.07, 6.45) is 1.34. The summed E-state index contributed by atoms with van der Waals surface area (Å²) in [5.41, 5.74) is 1.53. The van der Waals surface area contributed by atoms with Crippen molar-refractivity contribution in [1.29, 1.82) is 0 Å². The second-order valence-electron chi connectivity index (χ2n) is 9.43. The molecule has 2 aromatic carbocycles. The molecule has 1 amide bonds. The van der Waals surface area contributed by atoms with Crippen molar-refractivity contribution in [1.82, 2.24) is 14.1 Å². The van der Waals surface area contributed by atoms with Gasteiger partial charge in [-0.1, -0.05) is 29.8 Å². The Morgan fingerprint density at radius 3 is 2.47 bits per heavy atom. The van der Waals surface area contributed by atoms with Gasteiger partial charge in [-0.15, -0.1) is 0 Å². The monoisotopic (exact) mass is 519 g/mol. The van der Waals surface area contributed by atoms with Crippen molar-refractivity contribution in [2.24, 2.45) is 0 Å². The van der Waals surface area contributed by atoms with Crippen molar-refractivity contribution in [3.8, 4) is 0 Å². The van der Waals surface area contributed by atoms with E-state index in [9.17, 15) is 17.6 Å². The van der Waals surface area contributed by atoms with Gasteiger partial charge in [0.2, 0.25) is 10.0 Å². The molecule has 2 fully saturated rings. The Labute approximate surface area is 212 Å². The van der Waals surface area contributed by atoms with Crippen LogP contribution in [0.25, 0.3) is 0 Å². The molecule has 0 spiro atoms. The largest absolute Gasteiger partial charge is 0.448 e. The molecular formula is C26H34FN3O5S. The third-order valence-corrected chi connectivity index (χ3v) is 8.93.